The molecule has 1 aliphatic rings. The van der Waals surface area contributed by atoms with Gasteiger partial charge in [-0.3, -0.25) is 0 Å². The van der Waals surface area contributed by atoms with Gasteiger partial charge in [0, 0.05) is 34.2 Å². The van der Waals surface area contributed by atoms with Gasteiger partial charge < -0.3 is 14.8 Å². The first-order valence-electron chi connectivity index (χ1n) is 12.3. The molecule has 2 heterocycles. The highest BCUT2D eigenvalue weighted by atomic mass is 32.3. The Bertz CT molecular complexity index is 1470. The Labute approximate surface area is 227 Å². The highest BCUT2D eigenvalue weighted by Gasteiger charge is 2.38. The molecule has 2 unspecified atom stereocenters. The van der Waals surface area contributed by atoms with E-state index >= 15 is 0 Å². The first kappa shape index (κ1) is 27.1. The van der Waals surface area contributed by atoms with Crippen LogP contribution in [0.3, 0.4) is 0 Å². The number of thiophene rings is 1. The molecule has 2 N–H and O–H groups in total. The summed E-state index contributed by atoms with van der Waals surface area (Å²) in [6.07, 6.45) is 3.39. The van der Waals surface area contributed by atoms with E-state index < -0.39 is 15.7 Å². The summed E-state index contributed by atoms with van der Waals surface area (Å²) in [5.74, 6) is 0.389. The summed E-state index contributed by atoms with van der Waals surface area (Å²) >= 11 is 1.48. The van der Waals surface area contributed by atoms with Gasteiger partial charge in [0.05, 0.1) is 20.6 Å². The predicted molar refractivity (Wildman–Crippen MR) is 149 cm³/mol. The van der Waals surface area contributed by atoms with Gasteiger partial charge in [-0.25, -0.2) is 4.79 Å². The van der Waals surface area contributed by atoms with Crippen molar-refractivity contribution in [3.05, 3.63) is 97.2 Å². The molecule has 38 heavy (non-hydrogen) atoms. The van der Waals surface area contributed by atoms with Crippen LogP contribution >= 0.6 is 21.4 Å². The number of rotatable bonds is 11. The Morgan fingerprint density at radius 2 is 1.87 bits per heavy atom. The number of benzene rings is 1. The molecule has 1 saturated carbocycles. The molecule has 1 aliphatic carbocycles. The van der Waals surface area contributed by atoms with Gasteiger partial charge >= 0.3 is 5.63 Å². The topological polar surface area (TPSA) is 134 Å². The van der Waals surface area contributed by atoms with Gasteiger partial charge in [-0.1, -0.05) is 43.8 Å². The smallest absolute Gasteiger partial charge is 0.343 e. The quantitative estimate of drug-likeness (QED) is 0.263. The van der Waals surface area contributed by atoms with E-state index in [0.717, 1.165) is 34.6 Å². The average molecular weight is 545 g/mol. The van der Waals surface area contributed by atoms with Crippen LogP contribution in [0.25, 0.3) is 0 Å². The molecule has 194 valence electrons. The average Bonchev–Trinajstić information content (AvgIpc) is 3.66. The lowest BCUT2D eigenvalue weighted by atomic mass is 9.90. The van der Waals surface area contributed by atoms with Crippen molar-refractivity contribution < 1.29 is 9.52 Å². The van der Waals surface area contributed by atoms with Crippen LogP contribution in [0, 0.1) is 37.9 Å². The van der Waals surface area contributed by atoms with Gasteiger partial charge in [0.15, 0.2) is 0 Å². The molecule has 1 aromatic carbocycles. The third-order valence-electron chi connectivity index (χ3n) is 6.84. The van der Waals surface area contributed by atoms with Crippen molar-refractivity contribution in [3.8, 4) is 22.0 Å². The minimum absolute atomic E-state index is 0.0265. The van der Waals surface area contributed by atoms with Crippen LogP contribution < -0.4 is 10.9 Å². The van der Waals surface area contributed by atoms with Gasteiger partial charge in [-0.05, 0) is 49.3 Å². The van der Waals surface area contributed by atoms with Crippen LogP contribution in [-0.4, -0.2) is 5.11 Å². The third-order valence-corrected chi connectivity index (χ3v) is 9.71. The zero-order chi connectivity index (χ0) is 27.3. The molecule has 0 spiro atoms. The van der Waals surface area contributed by atoms with Crippen LogP contribution in [-0.2, 0) is 13.0 Å². The van der Waals surface area contributed by atoms with Crippen molar-refractivity contribution >= 4 is 21.4 Å². The van der Waals surface area contributed by atoms with Crippen molar-refractivity contribution in [1.82, 2.24) is 5.32 Å². The molecule has 2 atom stereocenters. The number of hydrogen-bond donors (Lipinski definition) is 2. The van der Waals surface area contributed by atoms with Gasteiger partial charge in [-0.15, -0.1) is 11.3 Å². The molecule has 3 aromatic rings. The largest absolute Gasteiger partial charge is 0.507 e. The van der Waals surface area contributed by atoms with E-state index in [-0.39, 0.29) is 35.1 Å². The van der Waals surface area contributed by atoms with E-state index in [4.69, 9.17) is 4.42 Å². The summed E-state index contributed by atoms with van der Waals surface area (Å²) in [5, 5.41) is 47.4. The molecule has 0 saturated heterocycles. The van der Waals surface area contributed by atoms with Gasteiger partial charge in [0.1, 0.15) is 27.7 Å². The minimum Gasteiger partial charge on any atom is -0.507 e. The van der Waals surface area contributed by atoms with Crippen molar-refractivity contribution in [1.29, 1.82) is 15.8 Å². The molecule has 2 aromatic heterocycles. The lowest BCUT2D eigenvalue weighted by Crippen LogP contribution is -2.17. The van der Waals surface area contributed by atoms with Crippen LogP contribution in [0.2, 0.25) is 0 Å². The fourth-order valence-corrected chi connectivity index (χ4v) is 6.46. The van der Waals surface area contributed by atoms with Crippen LogP contribution in [0.15, 0.2) is 69.4 Å². The lowest BCUT2D eigenvalue weighted by Gasteiger charge is -2.19. The molecule has 0 radical (unpaired) electrons. The van der Waals surface area contributed by atoms with Gasteiger partial charge in [0.25, 0.3) is 0 Å². The van der Waals surface area contributed by atoms with Gasteiger partial charge in [0.2, 0.25) is 0 Å². The van der Waals surface area contributed by atoms with Crippen LogP contribution in [0.4, 0.5) is 0 Å². The first-order valence-corrected chi connectivity index (χ1v) is 14.8. The molecule has 4 rings (SSSR count). The molecule has 0 amide bonds. The second-order valence-electron chi connectivity index (χ2n) is 9.31. The Balaban J connectivity index is 1.57. The molecular formula is C29H28N4O3S2. The third kappa shape index (κ3) is 5.63. The Morgan fingerprint density at radius 1 is 1.18 bits per heavy atom. The number of thiocyanates is 3. The molecule has 0 bridgehead atoms. The monoisotopic (exact) mass is 544 g/mol. The fraction of sp³-hybridized carbons (Fsp3) is 0.310. The Morgan fingerprint density at radius 3 is 2.45 bits per heavy atom. The molecule has 7 nitrogen and oxygen atoms in total. The van der Waals surface area contributed by atoms with Gasteiger partial charge in [-0.2, -0.15) is 15.8 Å². The second kappa shape index (κ2) is 11.6. The van der Waals surface area contributed by atoms with E-state index in [9.17, 15) is 25.7 Å². The zero-order valence-corrected chi connectivity index (χ0v) is 22.6. The highest BCUT2D eigenvalue weighted by molar-refractivity contribution is 8.47. The van der Waals surface area contributed by atoms with E-state index in [2.05, 4.69) is 11.9 Å². The number of aromatic hydroxyl groups is 1. The normalized spacial score (nSPS) is 14.9. The number of nitriles is 3. The summed E-state index contributed by atoms with van der Waals surface area (Å²) in [6, 6.07) is 15.4. The first-order chi connectivity index (χ1) is 18.4. The number of nitrogens with one attached hydrogen (secondary N) is 1. The Hall–Kier alpha value is -3.97. The van der Waals surface area contributed by atoms with E-state index in [0.29, 0.717) is 17.7 Å². The molecular weight excluding hydrogens is 516 g/mol. The lowest BCUT2D eigenvalue weighted by molar-refractivity contribution is 0.380. The van der Waals surface area contributed by atoms with E-state index in [1.807, 2.05) is 49.4 Å². The Kier molecular flexibility index (Phi) is 8.27. The zero-order valence-electron chi connectivity index (χ0n) is 21.0. The summed E-state index contributed by atoms with van der Waals surface area (Å²) in [7, 11) is -2.93. The fourth-order valence-electron chi connectivity index (χ4n) is 4.56. The van der Waals surface area contributed by atoms with Crippen molar-refractivity contribution in [2.24, 2.45) is 5.92 Å². The summed E-state index contributed by atoms with van der Waals surface area (Å²) < 4.78 is 5.83. The maximum Gasteiger partial charge on any atom is 0.343 e. The maximum absolute atomic E-state index is 13.3. The summed E-state index contributed by atoms with van der Waals surface area (Å²) in [6.45, 7) is 6.07. The SMILES string of the molecule is C=C(NCc1ccc(C(c2c(O)cc(C(CC)Cc3ccccc3)oc2=O)C2CC2)s1)S(C#N)(C#N)C#N. The minimum atomic E-state index is -2.93. The molecule has 9 heteroatoms. The van der Waals surface area contributed by atoms with Crippen molar-refractivity contribution in [2.75, 3.05) is 0 Å². The van der Waals surface area contributed by atoms with Crippen LogP contribution in [0.5, 0.6) is 5.75 Å². The van der Waals surface area contributed by atoms with Crippen LogP contribution in [0.1, 0.15) is 64.7 Å². The number of hydrogen-bond acceptors (Lipinski definition) is 8. The number of nitrogens with zero attached hydrogens (tertiary/aromatic N) is 3. The summed E-state index contributed by atoms with van der Waals surface area (Å²) in [4.78, 5) is 15.1. The van der Waals surface area contributed by atoms with E-state index in [1.54, 1.807) is 22.3 Å². The standard InChI is InChI=1S/C29H28N4O3S2/c1-3-21(13-20-7-5-4-6-8-20)25-14-24(34)28(29(35)36-25)27(22-9-10-22)26-12-11-23(37-26)15-33-19(2)38(16-30,17-31)18-32/h4-8,11-12,14,21-22,27,33-34H,2-3,9-10,13,15H2,1H3. The van der Waals surface area contributed by atoms with Crippen molar-refractivity contribution in [2.45, 2.75) is 51.0 Å². The van der Waals surface area contributed by atoms with Crippen molar-refractivity contribution in [3.63, 3.8) is 0 Å². The molecule has 1 fully saturated rings. The highest BCUT2D eigenvalue weighted by Crippen LogP contribution is 2.51. The predicted octanol–water partition coefficient (Wildman–Crippen LogP) is 6.49. The summed E-state index contributed by atoms with van der Waals surface area (Å²) in [5.41, 5.74) is 0.927. The maximum atomic E-state index is 13.3. The van der Waals surface area contributed by atoms with E-state index in [1.165, 1.54) is 11.3 Å². The molecule has 0 aliphatic heterocycles. The second-order valence-corrected chi connectivity index (χ2v) is 12.8.